The lowest BCUT2D eigenvalue weighted by molar-refractivity contribution is -0.119. The number of halogens is 1. The van der Waals surface area contributed by atoms with Gasteiger partial charge >= 0.3 is 11.7 Å². The maximum Gasteiger partial charge on any atom is 0.342 e. The number of phenolic OH excluding ortho intramolecular Hbond substituents is 1. The van der Waals surface area contributed by atoms with Gasteiger partial charge in [0.25, 0.3) is 5.91 Å². The van der Waals surface area contributed by atoms with Crippen LogP contribution in [0, 0.1) is 0 Å². The predicted octanol–water partition coefficient (Wildman–Crippen LogP) is 3.27. The van der Waals surface area contributed by atoms with E-state index in [0.717, 1.165) is 5.39 Å². The van der Waals surface area contributed by atoms with Crippen LogP contribution in [0.25, 0.3) is 21.8 Å². The molecule has 0 aliphatic heterocycles. The summed E-state index contributed by atoms with van der Waals surface area (Å²) in [5, 5.41) is 14.2. The Morgan fingerprint density at radius 3 is 2.59 bits per heavy atom. The lowest BCUT2D eigenvalue weighted by Crippen LogP contribution is -2.21. The third kappa shape index (κ3) is 3.72. The number of aromatic amines is 2. The zero-order chi connectivity index (χ0) is 20.5. The second kappa shape index (κ2) is 7.44. The molecule has 146 valence electrons. The number of benzene rings is 3. The van der Waals surface area contributed by atoms with Crippen molar-refractivity contribution in [1.29, 1.82) is 0 Å². The number of aromatic hydroxyl groups is 1. The molecule has 9 heteroatoms. The monoisotopic (exact) mass is 455 g/mol. The maximum atomic E-state index is 12.3. The first-order valence-corrected chi connectivity index (χ1v) is 9.31. The van der Waals surface area contributed by atoms with E-state index in [-0.39, 0.29) is 17.0 Å². The zero-order valence-corrected chi connectivity index (χ0v) is 16.4. The molecule has 0 aliphatic rings. The molecule has 0 saturated carbocycles. The molecule has 29 heavy (non-hydrogen) atoms. The van der Waals surface area contributed by atoms with Crippen LogP contribution in [0.2, 0.25) is 0 Å². The minimum atomic E-state index is -0.812. The molecule has 1 amide bonds. The molecule has 4 N–H and O–H groups in total. The van der Waals surface area contributed by atoms with Gasteiger partial charge in [-0.15, -0.1) is 0 Å². The van der Waals surface area contributed by atoms with Crippen molar-refractivity contribution in [1.82, 2.24) is 9.97 Å². The van der Waals surface area contributed by atoms with Crippen LogP contribution in [0.3, 0.4) is 0 Å². The van der Waals surface area contributed by atoms with E-state index in [1.54, 1.807) is 30.3 Å². The number of carbonyl (C=O) groups excluding carboxylic acids is 2. The molecular weight excluding hydrogens is 442 g/mol. The van der Waals surface area contributed by atoms with Gasteiger partial charge in [0.05, 0.1) is 16.7 Å². The summed E-state index contributed by atoms with van der Waals surface area (Å²) in [6.45, 7) is -0.542. The number of hydrogen-bond donors (Lipinski definition) is 4. The van der Waals surface area contributed by atoms with Crippen molar-refractivity contribution in [2.45, 2.75) is 0 Å². The average molecular weight is 456 g/mol. The number of imidazole rings is 1. The van der Waals surface area contributed by atoms with Gasteiger partial charge in [-0.2, -0.15) is 0 Å². The highest BCUT2D eigenvalue weighted by atomic mass is 79.9. The van der Waals surface area contributed by atoms with Crippen LogP contribution in [0.5, 0.6) is 5.75 Å². The Labute approximate surface area is 171 Å². The maximum absolute atomic E-state index is 12.3. The number of fused-ring (bicyclic) bond motifs is 2. The summed E-state index contributed by atoms with van der Waals surface area (Å²) in [5.74, 6) is -1.58. The van der Waals surface area contributed by atoms with Gasteiger partial charge in [-0.05, 0) is 39.5 Å². The fraction of sp³-hybridized carbons (Fsp3) is 0.0500. The number of esters is 1. The van der Waals surface area contributed by atoms with Gasteiger partial charge in [0.2, 0.25) is 0 Å². The number of H-pyrrole nitrogens is 2. The van der Waals surface area contributed by atoms with E-state index in [4.69, 9.17) is 4.74 Å². The van der Waals surface area contributed by atoms with E-state index in [1.165, 1.54) is 6.07 Å². The molecule has 8 nitrogen and oxygen atoms in total. The van der Waals surface area contributed by atoms with Gasteiger partial charge in [-0.3, -0.25) is 4.79 Å². The first-order valence-electron chi connectivity index (χ1n) is 8.51. The summed E-state index contributed by atoms with van der Waals surface area (Å²) >= 11 is 3.31. The van der Waals surface area contributed by atoms with Crippen LogP contribution in [0.4, 0.5) is 5.69 Å². The summed E-state index contributed by atoms with van der Waals surface area (Å²) in [6, 6.07) is 13.4. The van der Waals surface area contributed by atoms with Crippen LogP contribution in [0.1, 0.15) is 10.4 Å². The normalized spacial score (nSPS) is 10.9. The number of amides is 1. The molecule has 0 aliphatic carbocycles. The second-order valence-corrected chi connectivity index (χ2v) is 7.12. The standard InChI is InChI=1S/C20H14BrN3O5/c21-13-7-15-16(24-20(28)23-15)8-14(13)22-17(25)9-29-19(27)12-6-5-10-3-1-2-4-11(10)18(12)26/h1-8,26H,9H2,(H,22,25)(H2,23,24,28). The number of ether oxygens (including phenoxy) is 1. The molecule has 0 spiro atoms. The van der Waals surface area contributed by atoms with Crippen molar-refractivity contribution < 1.29 is 19.4 Å². The van der Waals surface area contributed by atoms with Gasteiger partial charge in [-0.25, -0.2) is 9.59 Å². The van der Waals surface area contributed by atoms with Crippen LogP contribution in [-0.2, 0) is 9.53 Å². The molecule has 4 aromatic rings. The largest absolute Gasteiger partial charge is 0.506 e. The average Bonchev–Trinajstić information content (AvgIpc) is 3.05. The highest BCUT2D eigenvalue weighted by Gasteiger charge is 2.17. The topological polar surface area (TPSA) is 124 Å². The lowest BCUT2D eigenvalue weighted by Gasteiger charge is -2.10. The van der Waals surface area contributed by atoms with Gasteiger partial charge in [0.15, 0.2) is 6.61 Å². The van der Waals surface area contributed by atoms with Crippen molar-refractivity contribution >= 4 is 55.3 Å². The summed E-state index contributed by atoms with van der Waals surface area (Å²) in [4.78, 5) is 41.1. The van der Waals surface area contributed by atoms with Crippen molar-refractivity contribution in [2.24, 2.45) is 0 Å². The van der Waals surface area contributed by atoms with E-state index >= 15 is 0 Å². The van der Waals surface area contributed by atoms with Gasteiger partial charge in [-0.1, -0.05) is 30.3 Å². The number of carbonyl (C=O) groups is 2. The fourth-order valence-corrected chi connectivity index (χ4v) is 3.41. The number of aromatic nitrogens is 2. The van der Waals surface area contributed by atoms with Crippen LogP contribution in [-0.4, -0.2) is 33.6 Å². The van der Waals surface area contributed by atoms with Gasteiger partial charge in [0, 0.05) is 9.86 Å². The SMILES string of the molecule is O=C(COC(=O)c1ccc2ccccc2c1O)Nc1cc2[nH]c(=O)[nH]c2cc1Br. The first-order chi connectivity index (χ1) is 13.9. The van der Waals surface area contributed by atoms with E-state index in [9.17, 15) is 19.5 Å². The Balaban J connectivity index is 1.46. The molecule has 3 aromatic carbocycles. The lowest BCUT2D eigenvalue weighted by atomic mass is 10.1. The third-order valence-electron chi connectivity index (χ3n) is 4.33. The van der Waals surface area contributed by atoms with Gasteiger partial charge in [0.1, 0.15) is 11.3 Å². The Morgan fingerprint density at radius 1 is 1.07 bits per heavy atom. The van der Waals surface area contributed by atoms with Crippen molar-refractivity contribution in [2.75, 3.05) is 11.9 Å². The third-order valence-corrected chi connectivity index (χ3v) is 4.99. The Bertz CT molecular complexity index is 1320. The minimum absolute atomic E-state index is 0.0241. The number of hydrogen-bond acceptors (Lipinski definition) is 5. The van der Waals surface area contributed by atoms with Crippen molar-refractivity contribution in [3.63, 3.8) is 0 Å². The minimum Gasteiger partial charge on any atom is -0.506 e. The molecule has 1 aromatic heterocycles. The van der Waals surface area contributed by atoms with Crippen molar-refractivity contribution in [3.05, 3.63) is 69.1 Å². The molecular formula is C20H14BrN3O5. The first kappa shape index (κ1) is 18.8. The molecule has 0 unspecified atom stereocenters. The predicted molar refractivity (Wildman–Crippen MR) is 111 cm³/mol. The molecule has 0 fully saturated rings. The second-order valence-electron chi connectivity index (χ2n) is 6.26. The fourth-order valence-electron chi connectivity index (χ4n) is 2.97. The highest BCUT2D eigenvalue weighted by Crippen LogP contribution is 2.29. The molecule has 0 bridgehead atoms. The van der Waals surface area contributed by atoms with Crippen LogP contribution < -0.4 is 11.0 Å². The molecule has 0 atom stereocenters. The van der Waals surface area contributed by atoms with Gasteiger partial charge < -0.3 is 25.1 Å². The smallest absolute Gasteiger partial charge is 0.342 e. The Hall–Kier alpha value is -3.59. The number of phenols is 1. The molecule has 4 rings (SSSR count). The van der Waals surface area contributed by atoms with Crippen LogP contribution in [0.15, 0.2) is 57.8 Å². The zero-order valence-electron chi connectivity index (χ0n) is 14.8. The summed E-state index contributed by atoms with van der Waals surface area (Å²) in [6.07, 6.45) is 0. The van der Waals surface area contributed by atoms with E-state index in [0.29, 0.717) is 26.6 Å². The summed E-state index contributed by atoms with van der Waals surface area (Å²) in [5.41, 5.74) is 1.12. The quantitative estimate of drug-likeness (QED) is 0.351. The Morgan fingerprint density at radius 2 is 1.79 bits per heavy atom. The van der Waals surface area contributed by atoms with Crippen molar-refractivity contribution in [3.8, 4) is 5.75 Å². The molecule has 1 heterocycles. The highest BCUT2D eigenvalue weighted by molar-refractivity contribution is 9.10. The van der Waals surface area contributed by atoms with E-state index < -0.39 is 18.5 Å². The molecule has 0 radical (unpaired) electrons. The van der Waals surface area contributed by atoms with E-state index in [1.807, 2.05) is 12.1 Å². The summed E-state index contributed by atoms with van der Waals surface area (Å²) in [7, 11) is 0. The van der Waals surface area contributed by atoms with E-state index in [2.05, 4.69) is 31.2 Å². The number of anilines is 1. The number of rotatable bonds is 4. The number of nitrogens with one attached hydrogen (secondary N) is 3. The molecule has 0 saturated heterocycles. The summed E-state index contributed by atoms with van der Waals surface area (Å²) < 4.78 is 5.58. The van der Waals surface area contributed by atoms with Crippen LogP contribution >= 0.6 is 15.9 Å². The Kier molecular flexibility index (Phi) is 4.81.